The molecular weight excluding hydrogens is 216 g/mol. The Morgan fingerprint density at radius 3 is 2.79 bits per heavy atom. The van der Waals surface area contributed by atoms with Crippen LogP contribution in [0, 0.1) is 0 Å². The molecule has 0 atom stereocenters. The first-order valence-electron chi connectivity index (χ1n) is 4.09. The van der Waals surface area contributed by atoms with E-state index < -0.39 is 0 Å². The van der Waals surface area contributed by atoms with Crippen molar-refractivity contribution in [3.63, 3.8) is 0 Å². The molecule has 0 bridgehead atoms. The van der Waals surface area contributed by atoms with Gasteiger partial charge in [0.05, 0.1) is 12.0 Å². The molecule has 2 rings (SSSR count). The summed E-state index contributed by atoms with van der Waals surface area (Å²) in [6.07, 6.45) is 2.01. The van der Waals surface area contributed by atoms with Gasteiger partial charge in [-0.3, -0.25) is 0 Å². The molecule has 0 fully saturated rings. The van der Waals surface area contributed by atoms with Gasteiger partial charge in [-0.05, 0) is 24.5 Å². The van der Waals surface area contributed by atoms with Gasteiger partial charge in [0, 0.05) is 10.1 Å². The number of hydrogen-bond donors (Lipinski definition) is 1. The minimum atomic E-state index is 0.348. The van der Waals surface area contributed by atoms with Crippen LogP contribution in [0.4, 0.5) is 0 Å². The Hall–Kier alpha value is -0.870. The molecule has 1 aromatic heterocycles. The minimum absolute atomic E-state index is 0.348. The molecule has 0 saturated heterocycles. The van der Waals surface area contributed by atoms with Crippen molar-refractivity contribution in [2.75, 3.05) is 13.4 Å². The number of thiophene rings is 1. The van der Waals surface area contributed by atoms with Gasteiger partial charge in [0.2, 0.25) is 0 Å². The molecule has 0 aliphatic rings. The summed E-state index contributed by atoms with van der Waals surface area (Å²) in [4.78, 5) is 1.10. The monoisotopic (exact) mass is 226 g/mol. The minimum Gasteiger partial charge on any atom is -0.499 e. The quantitative estimate of drug-likeness (QED) is 0.796. The van der Waals surface area contributed by atoms with E-state index in [1.807, 2.05) is 18.4 Å². The van der Waals surface area contributed by atoms with Crippen LogP contribution < -0.4 is 4.74 Å². The molecule has 4 heteroatoms. The second kappa shape index (κ2) is 3.71. The summed E-state index contributed by atoms with van der Waals surface area (Å²) in [7, 11) is 1.66. The number of methoxy groups -OCH3 is 1. The van der Waals surface area contributed by atoms with E-state index >= 15 is 0 Å². The van der Waals surface area contributed by atoms with E-state index in [0.717, 1.165) is 20.7 Å². The number of fused-ring (bicyclic) bond motifs is 1. The van der Waals surface area contributed by atoms with Crippen molar-refractivity contribution in [2.24, 2.45) is 0 Å². The number of hydrogen-bond acceptors (Lipinski definition) is 4. The van der Waals surface area contributed by atoms with Crippen LogP contribution in [-0.4, -0.2) is 18.5 Å². The summed E-state index contributed by atoms with van der Waals surface area (Å²) in [5.74, 6) is 0.864. The first kappa shape index (κ1) is 9.68. The largest absolute Gasteiger partial charge is 0.499 e. The summed E-state index contributed by atoms with van der Waals surface area (Å²) in [6, 6.07) is 5.76. The fourth-order valence-electron chi connectivity index (χ4n) is 1.35. The normalized spacial score (nSPS) is 10.7. The summed E-state index contributed by atoms with van der Waals surface area (Å²) >= 11 is 3.03. The summed E-state index contributed by atoms with van der Waals surface area (Å²) in [5.41, 5.74) is 0. The molecule has 0 saturated carbocycles. The highest BCUT2D eigenvalue weighted by molar-refractivity contribution is 7.98. The zero-order valence-corrected chi connectivity index (χ0v) is 9.54. The van der Waals surface area contributed by atoms with E-state index in [1.54, 1.807) is 24.9 Å². The van der Waals surface area contributed by atoms with Crippen molar-refractivity contribution in [3.05, 3.63) is 18.2 Å². The van der Waals surface area contributed by atoms with Crippen LogP contribution in [0.25, 0.3) is 10.1 Å². The van der Waals surface area contributed by atoms with Gasteiger partial charge in [-0.1, -0.05) is 11.3 Å². The van der Waals surface area contributed by atoms with Crippen LogP contribution in [0.2, 0.25) is 0 Å². The molecule has 1 N–H and O–H groups in total. The molecule has 0 amide bonds. The highest BCUT2D eigenvalue weighted by atomic mass is 32.2. The first-order chi connectivity index (χ1) is 6.74. The topological polar surface area (TPSA) is 29.5 Å². The lowest BCUT2D eigenvalue weighted by atomic mass is 10.2. The van der Waals surface area contributed by atoms with Crippen molar-refractivity contribution >= 4 is 33.2 Å². The van der Waals surface area contributed by atoms with E-state index in [0.29, 0.717) is 5.06 Å². The highest BCUT2D eigenvalue weighted by Crippen LogP contribution is 2.38. The van der Waals surface area contributed by atoms with Crippen LogP contribution in [0.3, 0.4) is 0 Å². The third kappa shape index (κ3) is 1.55. The smallest absolute Gasteiger partial charge is 0.172 e. The zero-order chi connectivity index (χ0) is 10.1. The van der Waals surface area contributed by atoms with E-state index in [2.05, 4.69) is 0 Å². The van der Waals surface area contributed by atoms with Crippen molar-refractivity contribution in [1.82, 2.24) is 0 Å². The maximum atomic E-state index is 9.35. The Morgan fingerprint density at radius 2 is 2.14 bits per heavy atom. The van der Waals surface area contributed by atoms with Crippen LogP contribution >= 0.6 is 23.1 Å². The van der Waals surface area contributed by atoms with E-state index in [-0.39, 0.29) is 0 Å². The number of aromatic hydroxyl groups is 1. The predicted octanol–water partition coefficient (Wildman–Crippen LogP) is 3.34. The average Bonchev–Trinajstić information content (AvgIpc) is 2.54. The number of thioether (sulfide) groups is 1. The fourth-order valence-corrected chi connectivity index (χ4v) is 2.83. The zero-order valence-electron chi connectivity index (χ0n) is 7.90. The summed E-state index contributed by atoms with van der Waals surface area (Å²) < 4.78 is 6.35. The van der Waals surface area contributed by atoms with Crippen molar-refractivity contribution in [3.8, 4) is 10.8 Å². The van der Waals surface area contributed by atoms with Gasteiger partial charge in [-0.2, -0.15) is 0 Å². The van der Waals surface area contributed by atoms with Crippen LogP contribution in [0.5, 0.6) is 10.8 Å². The molecule has 0 aliphatic heterocycles. The Balaban J connectivity index is 2.68. The summed E-state index contributed by atoms with van der Waals surface area (Å²) in [5, 5.41) is 10.7. The Kier molecular flexibility index (Phi) is 2.56. The third-order valence-electron chi connectivity index (χ3n) is 2.01. The Bertz CT molecular complexity index is 421. The molecule has 0 aliphatic carbocycles. The first-order valence-corrected chi connectivity index (χ1v) is 6.13. The van der Waals surface area contributed by atoms with Crippen LogP contribution in [-0.2, 0) is 0 Å². The van der Waals surface area contributed by atoms with Gasteiger partial charge in [-0.15, -0.1) is 11.8 Å². The Labute approximate surface area is 90.5 Å². The van der Waals surface area contributed by atoms with Gasteiger partial charge in [-0.25, -0.2) is 0 Å². The molecule has 0 spiro atoms. The summed E-state index contributed by atoms with van der Waals surface area (Å²) in [6.45, 7) is 0. The van der Waals surface area contributed by atoms with Gasteiger partial charge in [0.1, 0.15) is 5.75 Å². The standard InChI is InChI=1S/C10H10O2S2/c1-12-7-3-6-4-10(11)14-8(6)5-9(7)13-2/h3-5,11H,1-2H3. The molecule has 2 aromatic rings. The predicted molar refractivity (Wildman–Crippen MR) is 61.8 cm³/mol. The number of ether oxygens (including phenoxy) is 1. The van der Waals surface area contributed by atoms with E-state index in [4.69, 9.17) is 4.74 Å². The molecular formula is C10H10O2S2. The van der Waals surface area contributed by atoms with Crippen LogP contribution in [0.15, 0.2) is 23.1 Å². The van der Waals surface area contributed by atoms with Crippen molar-refractivity contribution < 1.29 is 9.84 Å². The van der Waals surface area contributed by atoms with Gasteiger partial charge in [0.25, 0.3) is 0 Å². The van der Waals surface area contributed by atoms with Gasteiger partial charge >= 0.3 is 0 Å². The molecule has 1 aromatic carbocycles. The lowest BCUT2D eigenvalue weighted by molar-refractivity contribution is 0.405. The maximum Gasteiger partial charge on any atom is 0.172 e. The van der Waals surface area contributed by atoms with E-state index in [9.17, 15) is 5.11 Å². The lowest BCUT2D eigenvalue weighted by Crippen LogP contribution is -1.84. The Morgan fingerprint density at radius 1 is 1.36 bits per heavy atom. The second-order valence-electron chi connectivity index (χ2n) is 2.83. The number of rotatable bonds is 2. The van der Waals surface area contributed by atoms with Crippen molar-refractivity contribution in [1.29, 1.82) is 0 Å². The second-order valence-corrected chi connectivity index (χ2v) is 4.74. The van der Waals surface area contributed by atoms with Crippen LogP contribution in [0.1, 0.15) is 0 Å². The van der Waals surface area contributed by atoms with Gasteiger partial charge in [0.15, 0.2) is 5.06 Å². The van der Waals surface area contributed by atoms with E-state index in [1.165, 1.54) is 11.3 Å². The maximum absolute atomic E-state index is 9.35. The third-order valence-corrected chi connectivity index (χ3v) is 3.67. The average molecular weight is 226 g/mol. The molecule has 2 nitrogen and oxygen atoms in total. The lowest BCUT2D eigenvalue weighted by Gasteiger charge is -2.05. The SMILES string of the molecule is COc1cc2cc(O)sc2cc1SC. The highest BCUT2D eigenvalue weighted by Gasteiger charge is 2.07. The number of benzene rings is 1. The van der Waals surface area contributed by atoms with Gasteiger partial charge < -0.3 is 9.84 Å². The molecule has 14 heavy (non-hydrogen) atoms. The molecule has 0 unspecified atom stereocenters. The molecule has 1 heterocycles. The van der Waals surface area contributed by atoms with Crippen molar-refractivity contribution in [2.45, 2.75) is 4.90 Å². The molecule has 74 valence electrons. The fraction of sp³-hybridized carbons (Fsp3) is 0.200. The molecule has 0 radical (unpaired) electrons.